The van der Waals surface area contributed by atoms with Crippen LogP contribution >= 0.6 is 11.6 Å². The summed E-state index contributed by atoms with van der Waals surface area (Å²) < 4.78 is 11.2. The molecule has 0 saturated heterocycles. The Balaban J connectivity index is 1.97. The summed E-state index contributed by atoms with van der Waals surface area (Å²) in [6.07, 6.45) is 0. The number of furan rings is 1. The third-order valence-corrected chi connectivity index (χ3v) is 3.57. The maximum Gasteiger partial charge on any atom is 0.263 e. The van der Waals surface area contributed by atoms with Crippen molar-refractivity contribution in [3.8, 4) is 5.75 Å². The normalized spacial score (nSPS) is 11.3. The van der Waals surface area contributed by atoms with E-state index in [1.807, 2.05) is 19.9 Å². The molecular weight excluding hydrogens is 302 g/mol. The van der Waals surface area contributed by atoms with Crippen molar-refractivity contribution in [3.05, 3.63) is 52.4 Å². The van der Waals surface area contributed by atoms with Crippen LogP contribution in [0.25, 0.3) is 0 Å². The highest BCUT2D eigenvalue weighted by molar-refractivity contribution is 6.30. The molecule has 0 radical (unpaired) electrons. The molecule has 5 heteroatoms. The Morgan fingerprint density at radius 1 is 1.27 bits per heavy atom. The molecule has 1 N–H and O–H groups in total. The van der Waals surface area contributed by atoms with Gasteiger partial charge in [0.15, 0.2) is 5.60 Å². The molecule has 1 heterocycles. The van der Waals surface area contributed by atoms with Crippen molar-refractivity contribution in [1.29, 1.82) is 0 Å². The van der Waals surface area contributed by atoms with Crippen LogP contribution in [0.15, 0.2) is 34.7 Å². The third-order valence-electron chi connectivity index (χ3n) is 3.32. The zero-order valence-corrected chi connectivity index (χ0v) is 14.0. The predicted molar refractivity (Wildman–Crippen MR) is 86.2 cm³/mol. The lowest BCUT2D eigenvalue weighted by atomic mass is 10.1. The number of amides is 1. The van der Waals surface area contributed by atoms with E-state index in [2.05, 4.69) is 5.32 Å². The van der Waals surface area contributed by atoms with E-state index in [1.54, 1.807) is 38.1 Å². The molecule has 0 aliphatic heterocycles. The summed E-state index contributed by atoms with van der Waals surface area (Å²) in [5, 5.41) is 3.50. The highest BCUT2D eigenvalue weighted by atomic mass is 35.5. The lowest BCUT2D eigenvalue weighted by Crippen LogP contribution is -2.46. The first kappa shape index (κ1) is 16.4. The first-order valence-corrected chi connectivity index (χ1v) is 7.44. The number of hydrogen-bond acceptors (Lipinski definition) is 3. The zero-order chi connectivity index (χ0) is 16.3. The minimum absolute atomic E-state index is 0.194. The van der Waals surface area contributed by atoms with Gasteiger partial charge in [-0.1, -0.05) is 11.6 Å². The van der Waals surface area contributed by atoms with Crippen LogP contribution in [0.5, 0.6) is 5.75 Å². The van der Waals surface area contributed by atoms with E-state index in [0.717, 1.165) is 17.1 Å². The summed E-state index contributed by atoms with van der Waals surface area (Å²) in [6, 6.07) is 8.84. The van der Waals surface area contributed by atoms with Crippen LogP contribution in [-0.4, -0.2) is 11.5 Å². The minimum Gasteiger partial charge on any atom is -0.478 e. The van der Waals surface area contributed by atoms with Gasteiger partial charge >= 0.3 is 0 Å². The fraction of sp³-hybridized carbons (Fsp3) is 0.353. The van der Waals surface area contributed by atoms with Crippen molar-refractivity contribution in [3.63, 3.8) is 0 Å². The maximum absolute atomic E-state index is 12.3. The first-order valence-electron chi connectivity index (χ1n) is 7.07. The molecule has 0 unspecified atom stereocenters. The van der Waals surface area contributed by atoms with E-state index < -0.39 is 5.60 Å². The van der Waals surface area contributed by atoms with Gasteiger partial charge in [0.25, 0.3) is 5.91 Å². The molecule has 0 fully saturated rings. The number of carbonyl (C=O) groups excluding carboxylic acids is 1. The molecule has 0 aliphatic rings. The maximum atomic E-state index is 12.3. The SMILES string of the molecule is Cc1cc(CNC(=O)C(C)(C)Oc2ccc(Cl)cc2)c(C)o1. The van der Waals surface area contributed by atoms with Gasteiger partial charge in [-0.3, -0.25) is 4.79 Å². The quantitative estimate of drug-likeness (QED) is 0.904. The molecule has 0 spiro atoms. The van der Waals surface area contributed by atoms with Gasteiger partial charge < -0.3 is 14.5 Å². The number of carbonyl (C=O) groups is 1. The Kier molecular flexibility index (Phi) is 4.81. The largest absolute Gasteiger partial charge is 0.478 e. The van der Waals surface area contributed by atoms with E-state index in [-0.39, 0.29) is 5.91 Å². The predicted octanol–water partition coefficient (Wildman–Crippen LogP) is 4.02. The van der Waals surface area contributed by atoms with Crippen LogP contribution in [0.4, 0.5) is 0 Å². The van der Waals surface area contributed by atoms with Crippen molar-refractivity contribution >= 4 is 17.5 Å². The molecule has 1 amide bonds. The Morgan fingerprint density at radius 3 is 2.45 bits per heavy atom. The van der Waals surface area contributed by atoms with Crippen LogP contribution in [0.2, 0.25) is 5.02 Å². The molecular formula is C17H20ClNO3. The number of ether oxygens (including phenoxy) is 1. The van der Waals surface area contributed by atoms with Crippen LogP contribution in [-0.2, 0) is 11.3 Å². The fourth-order valence-corrected chi connectivity index (χ4v) is 2.22. The molecule has 2 aromatic rings. The van der Waals surface area contributed by atoms with Crippen molar-refractivity contribution in [2.45, 2.75) is 39.8 Å². The molecule has 1 aromatic carbocycles. The smallest absolute Gasteiger partial charge is 0.263 e. The molecule has 0 bridgehead atoms. The van der Waals surface area contributed by atoms with E-state index in [1.165, 1.54) is 0 Å². The van der Waals surface area contributed by atoms with Crippen molar-refractivity contribution < 1.29 is 13.9 Å². The molecule has 0 aliphatic carbocycles. The number of halogens is 1. The highest BCUT2D eigenvalue weighted by Gasteiger charge is 2.29. The second-order valence-electron chi connectivity index (χ2n) is 5.69. The summed E-state index contributed by atoms with van der Waals surface area (Å²) in [5.41, 5.74) is -0.0197. The highest BCUT2D eigenvalue weighted by Crippen LogP contribution is 2.21. The minimum atomic E-state index is -0.986. The summed E-state index contributed by atoms with van der Waals surface area (Å²) in [6.45, 7) is 7.62. The summed E-state index contributed by atoms with van der Waals surface area (Å²) in [4.78, 5) is 12.3. The van der Waals surface area contributed by atoms with Crippen LogP contribution in [0.1, 0.15) is 30.9 Å². The molecule has 1 aromatic heterocycles. The Hall–Kier alpha value is -1.94. The zero-order valence-electron chi connectivity index (χ0n) is 13.2. The van der Waals surface area contributed by atoms with Crippen molar-refractivity contribution in [2.75, 3.05) is 0 Å². The second-order valence-corrected chi connectivity index (χ2v) is 6.12. The molecule has 0 atom stereocenters. The number of rotatable bonds is 5. The van der Waals surface area contributed by atoms with Gasteiger partial charge in [-0.2, -0.15) is 0 Å². The van der Waals surface area contributed by atoms with Gasteiger partial charge in [-0.15, -0.1) is 0 Å². The Morgan fingerprint density at radius 2 is 1.91 bits per heavy atom. The van der Waals surface area contributed by atoms with E-state index in [9.17, 15) is 4.79 Å². The standard InChI is InChI=1S/C17H20ClNO3/c1-11-9-13(12(2)21-11)10-19-16(20)17(3,4)22-15-7-5-14(18)6-8-15/h5-9H,10H2,1-4H3,(H,19,20). The molecule has 0 saturated carbocycles. The lowest BCUT2D eigenvalue weighted by Gasteiger charge is -2.25. The average Bonchev–Trinajstić information content (AvgIpc) is 2.76. The van der Waals surface area contributed by atoms with Gasteiger partial charge in [0.2, 0.25) is 0 Å². The Labute approximate surface area is 135 Å². The molecule has 22 heavy (non-hydrogen) atoms. The third kappa shape index (κ3) is 4.04. The molecule has 118 valence electrons. The molecule has 4 nitrogen and oxygen atoms in total. The summed E-state index contributed by atoms with van der Waals surface area (Å²) in [7, 11) is 0. The topological polar surface area (TPSA) is 51.5 Å². The van der Waals surface area contributed by atoms with E-state index in [4.69, 9.17) is 20.8 Å². The average molecular weight is 322 g/mol. The van der Waals surface area contributed by atoms with Gasteiger partial charge in [-0.25, -0.2) is 0 Å². The molecule has 2 rings (SSSR count). The summed E-state index contributed by atoms with van der Waals surface area (Å²) in [5.74, 6) is 2.05. The van der Waals surface area contributed by atoms with E-state index in [0.29, 0.717) is 17.3 Å². The Bertz CT molecular complexity index is 659. The van der Waals surface area contributed by atoms with Gasteiger partial charge in [-0.05, 0) is 58.0 Å². The van der Waals surface area contributed by atoms with Crippen LogP contribution < -0.4 is 10.1 Å². The fourth-order valence-electron chi connectivity index (χ4n) is 2.09. The van der Waals surface area contributed by atoms with Crippen molar-refractivity contribution in [2.24, 2.45) is 0 Å². The second kappa shape index (κ2) is 6.44. The summed E-state index contributed by atoms with van der Waals surface area (Å²) >= 11 is 5.84. The lowest BCUT2D eigenvalue weighted by molar-refractivity contribution is -0.134. The van der Waals surface area contributed by atoms with Gasteiger partial charge in [0.05, 0.1) is 0 Å². The van der Waals surface area contributed by atoms with Crippen molar-refractivity contribution in [1.82, 2.24) is 5.32 Å². The number of hydrogen-bond donors (Lipinski definition) is 1. The monoisotopic (exact) mass is 321 g/mol. The van der Waals surface area contributed by atoms with Gasteiger partial charge in [0, 0.05) is 17.1 Å². The number of nitrogens with one attached hydrogen (secondary N) is 1. The number of aryl methyl sites for hydroxylation is 2. The van der Waals surface area contributed by atoms with E-state index >= 15 is 0 Å². The van der Waals surface area contributed by atoms with Gasteiger partial charge in [0.1, 0.15) is 17.3 Å². The first-order chi connectivity index (χ1) is 10.3. The van der Waals surface area contributed by atoms with Crippen LogP contribution in [0.3, 0.4) is 0 Å². The number of benzene rings is 1. The van der Waals surface area contributed by atoms with Crippen LogP contribution in [0, 0.1) is 13.8 Å².